The normalized spacial score (nSPS) is 9.71. The van der Waals surface area contributed by atoms with Crippen LogP contribution in [0.1, 0.15) is 40.2 Å². The van der Waals surface area contributed by atoms with Gasteiger partial charge in [0.25, 0.3) is 0 Å². The van der Waals surface area contributed by atoms with Crippen LogP contribution in [0.4, 0.5) is 0 Å². The first kappa shape index (κ1) is 13.4. The third-order valence-corrected chi connectivity index (χ3v) is 2.94. The van der Waals surface area contributed by atoms with E-state index < -0.39 is 0 Å². The average Bonchev–Trinajstić information content (AvgIpc) is 2.29. The standard InChI is InChI=1S/C16H21N/c1-11(2)13(5)15(12(3)4)16(17)14-9-7-6-8-10-14/h6-10,17H,1-5H3. The summed E-state index contributed by atoms with van der Waals surface area (Å²) in [5.74, 6) is 0. The predicted octanol–water partition coefficient (Wildman–Crippen LogP) is 4.75. The van der Waals surface area contributed by atoms with Gasteiger partial charge in [-0.15, -0.1) is 0 Å². The van der Waals surface area contributed by atoms with E-state index in [4.69, 9.17) is 5.41 Å². The molecule has 1 aromatic carbocycles. The van der Waals surface area contributed by atoms with E-state index in [1.54, 1.807) is 0 Å². The molecule has 90 valence electrons. The van der Waals surface area contributed by atoms with E-state index in [0.717, 1.165) is 11.1 Å². The van der Waals surface area contributed by atoms with Crippen LogP contribution in [0.5, 0.6) is 0 Å². The molecule has 0 bridgehead atoms. The molecule has 17 heavy (non-hydrogen) atoms. The second-order valence-corrected chi connectivity index (χ2v) is 4.74. The van der Waals surface area contributed by atoms with Crippen molar-refractivity contribution in [1.82, 2.24) is 0 Å². The van der Waals surface area contributed by atoms with Gasteiger partial charge in [-0.25, -0.2) is 0 Å². The van der Waals surface area contributed by atoms with Gasteiger partial charge in [-0.1, -0.05) is 41.5 Å². The summed E-state index contributed by atoms with van der Waals surface area (Å²) in [6.45, 7) is 10.4. The van der Waals surface area contributed by atoms with E-state index in [9.17, 15) is 0 Å². The van der Waals surface area contributed by atoms with Crippen molar-refractivity contribution in [2.75, 3.05) is 0 Å². The number of allylic oxidation sites excluding steroid dienone is 4. The fourth-order valence-electron chi connectivity index (χ4n) is 1.81. The highest BCUT2D eigenvalue weighted by Gasteiger charge is 2.12. The SMILES string of the molecule is CC(C)=C(C)C(C(=N)c1ccccc1)=C(C)C. The Kier molecular flexibility index (Phi) is 4.45. The van der Waals surface area contributed by atoms with Gasteiger partial charge in [0.05, 0.1) is 5.71 Å². The Bertz CT molecular complexity index is 468. The molecule has 1 rings (SSSR count). The first-order valence-corrected chi connectivity index (χ1v) is 5.91. The minimum absolute atomic E-state index is 0.615. The van der Waals surface area contributed by atoms with Crippen molar-refractivity contribution in [3.05, 3.63) is 58.2 Å². The molecule has 0 aliphatic carbocycles. The molecule has 0 heterocycles. The van der Waals surface area contributed by atoms with Crippen LogP contribution < -0.4 is 0 Å². The van der Waals surface area contributed by atoms with Gasteiger partial charge in [-0.3, -0.25) is 5.41 Å². The van der Waals surface area contributed by atoms with Gasteiger partial charge < -0.3 is 0 Å². The lowest BCUT2D eigenvalue weighted by Crippen LogP contribution is -2.07. The van der Waals surface area contributed by atoms with E-state index in [-0.39, 0.29) is 0 Å². The van der Waals surface area contributed by atoms with Crippen molar-refractivity contribution in [2.45, 2.75) is 34.6 Å². The molecule has 1 N–H and O–H groups in total. The summed E-state index contributed by atoms with van der Waals surface area (Å²) in [6, 6.07) is 9.91. The van der Waals surface area contributed by atoms with Crippen molar-refractivity contribution >= 4 is 5.71 Å². The summed E-state index contributed by atoms with van der Waals surface area (Å²) < 4.78 is 0. The van der Waals surface area contributed by atoms with Gasteiger partial charge in [0, 0.05) is 5.57 Å². The van der Waals surface area contributed by atoms with Crippen molar-refractivity contribution < 1.29 is 0 Å². The maximum absolute atomic E-state index is 8.35. The fraction of sp³-hybridized carbons (Fsp3) is 0.312. The molecular weight excluding hydrogens is 206 g/mol. The summed E-state index contributed by atoms with van der Waals surface area (Å²) in [4.78, 5) is 0. The molecule has 0 saturated heterocycles. The average molecular weight is 227 g/mol. The second kappa shape index (κ2) is 5.62. The van der Waals surface area contributed by atoms with E-state index in [2.05, 4.69) is 34.6 Å². The topological polar surface area (TPSA) is 23.9 Å². The zero-order chi connectivity index (χ0) is 13.0. The molecule has 1 aromatic rings. The van der Waals surface area contributed by atoms with E-state index >= 15 is 0 Å². The summed E-state index contributed by atoms with van der Waals surface area (Å²) in [6.07, 6.45) is 0. The molecule has 0 aliphatic heterocycles. The summed E-state index contributed by atoms with van der Waals surface area (Å²) in [5, 5.41) is 8.35. The molecule has 0 unspecified atom stereocenters. The lowest BCUT2D eigenvalue weighted by molar-refractivity contribution is 1.22. The molecule has 0 aliphatic rings. The van der Waals surface area contributed by atoms with Gasteiger partial charge in [0.15, 0.2) is 0 Å². The minimum Gasteiger partial charge on any atom is -0.300 e. The second-order valence-electron chi connectivity index (χ2n) is 4.74. The summed E-state index contributed by atoms with van der Waals surface area (Å²) in [7, 11) is 0. The highest BCUT2D eigenvalue weighted by atomic mass is 14.4. The maximum Gasteiger partial charge on any atom is 0.0686 e. The zero-order valence-electron chi connectivity index (χ0n) is 11.4. The van der Waals surface area contributed by atoms with Gasteiger partial charge in [-0.2, -0.15) is 0 Å². The largest absolute Gasteiger partial charge is 0.300 e. The van der Waals surface area contributed by atoms with Crippen LogP contribution >= 0.6 is 0 Å². The molecular formula is C16H21N. The minimum atomic E-state index is 0.615. The number of hydrogen-bond donors (Lipinski definition) is 1. The molecule has 0 saturated carbocycles. The lowest BCUT2D eigenvalue weighted by Gasteiger charge is -2.14. The number of benzene rings is 1. The van der Waals surface area contributed by atoms with Crippen molar-refractivity contribution in [3.8, 4) is 0 Å². The Morgan fingerprint density at radius 2 is 1.35 bits per heavy atom. The highest BCUT2D eigenvalue weighted by Crippen LogP contribution is 2.22. The van der Waals surface area contributed by atoms with Crippen molar-refractivity contribution in [2.24, 2.45) is 0 Å². The van der Waals surface area contributed by atoms with Crippen LogP contribution in [0.3, 0.4) is 0 Å². The van der Waals surface area contributed by atoms with Gasteiger partial charge in [0.2, 0.25) is 0 Å². The first-order valence-electron chi connectivity index (χ1n) is 5.91. The number of nitrogens with one attached hydrogen (secondary N) is 1. The van der Waals surface area contributed by atoms with Crippen molar-refractivity contribution in [1.29, 1.82) is 5.41 Å². The maximum atomic E-state index is 8.35. The van der Waals surface area contributed by atoms with Gasteiger partial charge in [0.1, 0.15) is 0 Å². The third-order valence-electron chi connectivity index (χ3n) is 2.94. The highest BCUT2D eigenvalue weighted by molar-refractivity contribution is 6.13. The molecule has 0 fully saturated rings. The molecule has 1 heteroatoms. The van der Waals surface area contributed by atoms with Crippen LogP contribution in [-0.4, -0.2) is 5.71 Å². The molecule has 0 amide bonds. The van der Waals surface area contributed by atoms with Crippen LogP contribution in [0.2, 0.25) is 0 Å². The summed E-state index contributed by atoms with van der Waals surface area (Å²) >= 11 is 0. The predicted molar refractivity (Wildman–Crippen MR) is 75.7 cm³/mol. The molecule has 0 aromatic heterocycles. The number of rotatable bonds is 3. The first-order chi connectivity index (χ1) is 7.95. The van der Waals surface area contributed by atoms with E-state index in [0.29, 0.717) is 5.71 Å². The smallest absolute Gasteiger partial charge is 0.0686 e. The molecule has 1 nitrogen and oxygen atoms in total. The lowest BCUT2D eigenvalue weighted by atomic mass is 9.91. The van der Waals surface area contributed by atoms with Gasteiger partial charge in [-0.05, 0) is 45.8 Å². The Balaban J connectivity index is 3.26. The van der Waals surface area contributed by atoms with E-state index in [1.807, 2.05) is 30.3 Å². The van der Waals surface area contributed by atoms with E-state index in [1.165, 1.54) is 16.7 Å². The monoisotopic (exact) mass is 227 g/mol. The Morgan fingerprint density at radius 1 is 0.824 bits per heavy atom. The Hall–Kier alpha value is -1.63. The Morgan fingerprint density at radius 3 is 1.76 bits per heavy atom. The molecule has 0 radical (unpaired) electrons. The van der Waals surface area contributed by atoms with Crippen LogP contribution in [0.15, 0.2) is 52.6 Å². The van der Waals surface area contributed by atoms with Crippen molar-refractivity contribution in [3.63, 3.8) is 0 Å². The summed E-state index contributed by atoms with van der Waals surface area (Å²) in [5.41, 5.74) is 6.32. The third kappa shape index (κ3) is 3.16. The number of hydrogen-bond acceptors (Lipinski definition) is 1. The molecule has 0 spiro atoms. The molecule has 0 atom stereocenters. The van der Waals surface area contributed by atoms with Crippen LogP contribution in [0, 0.1) is 5.41 Å². The quantitative estimate of drug-likeness (QED) is 0.569. The van der Waals surface area contributed by atoms with Crippen LogP contribution in [-0.2, 0) is 0 Å². The Labute approximate surface area is 104 Å². The zero-order valence-corrected chi connectivity index (χ0v) is 11.4. The van der Waals surface area contributed by atoms with Crippen LogP contribution in [0.25, 0.3) is 0 Å². The fourth-order valence-corrected chi connectivity index (χ4v) is 1.81. The van der Waals surface area contributed by atoms with Gasteiger partial charge >= 0.3 is 0 Å².